The van der Waals surface area contributed by atoms with Crippen LogP contribution in [0.25, 0.3) is 65.0 Å². The normalized spacial score (nSPS) is 12.7. The molecule has 1 heterocycles. The van der Waals surface area contributed by atoms with Gasteiger partial charge in [0, 0.05) is 32.1 Å². The number of hydrogen-bond acceptors (Lipinski definition) is 2. The largest absolute Gasteiger partial charge is 0.310 e. The fourth-order valence-corrected chi connectivity index (χ4v) is 9.88. The Bertz CT molecular complexity index is 2750. The Labute approximate surface area is 327 Å². The molecule has 10 rings (SSSR count). The summed E-state index contributed by atoms with van der Waals surface area (Å²) in [6.07, 6.45) is 0. The van der Waals surface area contributed by atoms with E-state index in [1.54, 1.807) is 0 Å². The molecular formula is C53H39NS. The Kier molecular flexibility index (Phi) is 8.08. The van der Waals surface area contributed by atoms with Gasteiger partial charge in [0.25, 0.3) is 0 Å². The summed E-state index contributed by atoms with van der Waals surface area (Å²) in [6.45, 7) is 4.75. The smallest absolute Gasteiger partial charge is 0.0467 e. The minimum absolute atomic E-state index is 0.0218. The summed E-state index contributed by atoms with van der Waals surface area (Å²) in [4.78, 5) is 3.79. The van der Waals surface area contributed by atoms with Crippen LogP contribution in [0.4, 0.5) is 17.1 Å². The van der Waals surface area contributed by atoms with Gasteiger partial charge in [-0.25, -0.2) is 0 Å². The van der Waals surface area contributed by atoms with Crippen LogP contribution in [0, 0.1) is 0 Å². The molecule has 0 spiro atoms. The molecule has 0 saturated carbocycles. The minimum Gasteiger partial charge on any atom is -0.310 e. The number of anilines is 3. The second-order valence-electron chi connectivity index (χ2n) is 15.0. The summed E-state index contributed by atoms with van der Waals surface area (Å²) < 4.78 is 1.37. The maximum absolute atomic E-state index is 2.42. The second kappa shape index (κ2) is 13.4. The predicted molar refractivity (Wildman–Crippen MR) is 236 cm³/mol. The van der Waals surface area contributed by atoms with Gasteiger partial charge in [-0.15, -0.1) is 11.3 Å². The summed E-state index contributed by atoms with van der Waals surface area (Å²) in [7, 11) is 0. The van der Waals surface area contributed by atoms with Crippen molar-refractivity contribution in [2.24, 2.45) is 0 Å². The van der Waals surface area contributed by atoms with Crippen molar-refractivity contribution in [3.8, 4) is 54.9 Å². The first-order valence-electron chi connectivity index (χ1n) is 19.0. The van der Waals surface area contributed by atoms with E-state index in [2.05, 4.69) is 219 Å². The molecule has 8 aromatic carbocycles. The Hall–Kier alpha value is -6.48. The third kappa shape index (κ3) is 5.87. The maximum Gasteiger partial charge on any atom is 0.0467 e. The number of thiophene rings is 1. The van der Waals surface area contributed by atoms with Gasteiger partial charge < -0.3 is 4.90 Å². The molecule has 1 aromatic heterocycles. The van der Waals surface area contributed by atoms with Gasteiger partial charge >= 0.3 is 0 Å². The highest BCUT2D eigenvalue weighted by Gasteiger charge is 2.38. The Morgan fingerprint density at radius 3 is 1.49 bits per heavy atom. The fraction of sp³-hybridized carbons (Fsp3) is 0.0566. The second-order valence-corrected chi connectivity index (χ2v) is 16.0. The first-order chi connectivity index (χ1) is 27.0. The molecule has 0 atom stereocenters. The van der Waals surface area contributed by atoms with E-state index in [0.29, 0.717) is 0 Å². The van der Waals surface area contributed by atoms with Crippen LogP contribution < -0.4 is 4.90 Å². The number of nitrogens with zero attached hydrogens (tertiary/aromatic N) is 1. The first-order valence-corrected chi connectivity index (χ1v) is 19.8. The predicted octanol–water partition coefficient (Wildman–Crippen LogP) is 15.3. The molecule has 1 aliphatic rings. The van der Waals surface area contributed by atoms with Crippen LogP contribution in [0.3, 0.4) is 0 Å². The zero-order chi connectivity index (χ0) is 36.9. The number of hydrogen-bond donors (Lipinski definition) is 0. The van der Waals surface area contributed by atoms with Crippen LogP contribution in [0.5, 0.6) is 0 Å². The average molecular weight is 722 g/mol. The van der Waals surface area contributed by atoms with E-state index in [4.69, 9.17) is 0 Å². The highest BCUT2D eigenvalue weighted by Crippen LogP contribution is 2.56. The van der Waals surface area contributed by atoms with Gasteiger partial charge in [0.1, 0.15) is 0 Å². The highest BCUT2D eigenvalue weighted by atomic mass is 32.1. The lowest BCUT2D eigenvalue weighted by Gasteiger charge is -2.27. The number of benzene rings is 8. The highest BCUT2D eigenvalue weighted by molar-refractivity contribution is 7.22. The van der Waals surface area contributed by atoms with Crippen LogP contribution in [0.2, 0.25) is 0 Å². The van der Waals surface area contributed by atoms with Crippen LogP contribution in [0.15, 0.2) is 200 Å². The van der Waals surface area contributed by atoms with E-state index in [1.165, 1.54) is 76.2 Å². The number of rotatable bonds is 7. The summed E-state index contributed by atoms with van der Waals surface area (Å²) >= 11 is 1.93. The third-order valence-corrected chi connectivity index (χ3v) is 12.4. The lowest BCUT2D eigenvalue weighted by molar-refractivity contribution is 0.667. The van der Waals surface area contributed by atoms with E-state index in [1.807, 2.05) is 11.3 Å². The molecule has 0 bridgehead atoms. The lowest BCUT2D eigenvalue weighted by Crippen LogP contribution is -2.14. The fourth-order valence-electron chi connectivity index (χ4n) is 8.49. The molecule has 0 saturated heterocycles. The maximum atomic E-state index is 2.42. The van der Waals surface area contributed by atoms with Crippen molar-refractivity contribution < 1.29 is 0 Å². The topological polar surface area (TPSA) is 3.24 Å². The van der Waals surface area contributed by atoms with Crippen molar-refractivity contribution in [2.45, 2.75) is 19.3 Å². The van der Waals surface area contributed by atoms with Crippen molar-refractivity contribution in [2.75, 3.05) is 4.90 Å². The molecule has 0 radical (unpaired) electrons. The first kappa shape index (κ1) is 33.1. The Balaban J connectivity index is 1.02. The molecule has 0 aliphatic heterocycles. The van der Waals surface area contributed by atoms with E-state index in [9.17, 15) is 0 Å². The molecular weight excluding hydrogens is 683 g/mol. The van der Waals surface area contributed by atoms with E-state index < -0.39 is 0 Å². The van der Waals surface area contributed by atoms with Gasteiger partial charge in [-0.1, -0.05) is 159 Å². The van der Waals surface area contributed by atoms with Crippen molar-refractivity contribution in [3.63, 3.8) is 0 Å². The van der Waals surface area contributed by atoms with E-state index in [0.717, 1.165) is 17.1 Å². The van der Waals surface area contributed by atoms with Gasteiger partial charge in [-0.2, -0.15) is 0 Å². The Morgan fingerprint density at radius 1 is 0.382 bits per heavy atom. The van der Waals surface area contributed by atoms with Gasteiger partial charge in [-0.3, -0.25) is 0 Å². The van der Waals surface area contributed by atoms with Crippen LogP contribution >= 0.6 is 11.3 Å². The third-order valence-electron chi connectivity index (χ3n) is 11.2. The lowest BCUT2D eigenvalue weighted by atomic mass is 9.81. The molecule has 0 unspecified atom stereocenters. The molecule has 262 valence electrons. The monoisotopic (exact) mass is 721 g/mol. The van der Waals surface area contributed by atoms with E-state index in [-0.39, 0.29) is 5.41 Å². The molecule has 0 N–H and O–H groups in total. The quantitative estimate of drug-likeness (QED) is 0.158. The van der Waals surface area contributed by atoms with Crippen LogP contribution in [-0.4, -0.2) is 0 Å². The van der Waals surface area contributed by atoms with Gasteiger partial charge in [0.15, 0.2) is 0 Å². The molecule has 2 heteroatoms. The molecule has 0 amide bonds. The Morgan fingerprint density at radius 2 is 0.855 bits per heavy atom. The summed E-state index contributed by atoms with van der Waals surface area (Å²) in [5, 5.41) is 1.39. The summed E-state index contributed by atoms with van der Waals surface area (Å²) in [6, 6.07) is 72.9. The molecule has 9 aromatic rings. The SMILES string of the molecule is CC1(C)c2ccc(-c3cccc(-c4ccc(N(c5cccc(-c6ccccc6)c5)c5cccc(-c6ccccc6)c5)cc4)c3)cc2-c2sc3ccccc3c21. The molecule has 1 aliphatic carbocycles. The van der Waals surface area contributed by atoms with Gasteiger partial charge in [0.05, 0.1) is 0 Å². The van der Waals surface area contributed by atoms with Crippen LogP contribution in [0.1, 0.15) is 25.0 Å². The van der Waals surface area contributed by atoms with Crippen molar-refractivity contribution in [1.29, 1.82) is 0 Å². The van der Waals surface area contributed by atoms with Gasteiger partial charge in [0.2, 0.25) is 0 Å². The summed E-state index contributed by atoms with van der Waals surface area (Å²) in [5.74, 6) is 0. The van der Waals surface area contributed by atoms with Crippen LogP contribution in [-0.2, 0) is 5.41 Å². The average Bonchev–Trinajstić information content (AvgIpc) is 3.75. The summed E-state index contributed by atoms with van der Waals surface area (Å²) in [5.41, 5.74) is 17.2. The van der Waals surface area contributed by atoms with E-state index >= 15 is 0 Å². The van der Waals surface area contributed by atoms with Gasteiger partial charge in [-0.05, 0) is 121 Å². The zero-order valence-electron chi connectivity index (χ0n) is 30.9. The van der Waals surface area contributed by atoms with Crippen molar-refractivity contribution in [3.05, 3.63) is 211 Å². The number of fused-ring (bicyclic) bond motifs is 5. The molecule has 1 nitrogen and oxygen atoms in total. The minimum atomic E-state index is -0.0218. The molecule has 0 fully saturated rings. The molecule has 55 heavy (non-hydrogen) atoms. The standard InChI is InChI=1S/C53H39NS/c1-53(2)49-31-28-43(35-48(49)52-51(53)47-24-9-10-25-50(47)55-52)40-19-11-18-39(32-40)38-26-29-44(30-27-38)54(45-22-12-20-41(33-45)36-14-5-3-6-15-36)46-23-13-21-42(34-46)37-16-7-4-8-17-37/h3-35H,1-2H3. The zero-order valence-corrected chi connectivity index (χ0v) is 31.7. The van der Waals surface area contributed by atoms with Crippen molar-refractivity contribution in [1.82, 2.24) is 0 Å². The van der Waals surface area contributed by atoms with Crippen molar-refractivity contribution >= 4 is 38.5 Å².